The highest BCUT2D eigenvalue weighted by molar-refractivity contribution is 5.61. The summed E-state index contributed by atoms with van der Waals surface area (Å²) in [6.45, 7) is 4.54. The number of hydrogen-bond donors (Lipinski definition) is 2. The molecule has 1 aromatic carbocycles. The van der Waals surface area contributed by atoms with Crippen molar-refractivity contribution in [1.29, 1.82) is 5.26 Å². The molecule has 0 aliphatic heterocycles. The molecule has 102 valence electrons. The molecule has 0 unspecified atom stereocenters. The molecule has 0 amide bonds. The average molecular weight is 271 g/mol. The van der Waals surface area contributed by atoms with E-state index in [1.807, 2.05) is 19.9 Å². The maximum atomic E-state index is 13.3. The second-order valence-electron chi connectivity index (χ2n) is 4.19. The van der Waals surface area contributed by atoms with E-state index < -0.39 is 5.82 Å². The summed E-state index contributed by atoms with van der Waals surface area (Å²) < 4.78 is 13.3. The number of nitrogens with zero attached hydrogens (tertiary/aromatic N) is 3. The monoisotopic (exact) mass is 271 g/mol. The molecule has 0 atom stereocenters. The molecule has 1 aromatic heterocycles. The second kappa shape index (κ2) is 5.97. The first kappa shape index (κ1) is 13.7. The van der Waals surface area contributed by atoms with E-state index in [-0.39, 0.29) is 5.56 Å². The molecular formula is C14H14FN5. The maximum absolute atomic E-state index is 13.3. The van der Waals surface area contributed by atoms with Crippen molar-refractivity contribution in [3.05, 3.63) is 41.3 Å². The SMILES string of the molecule is CCNc1ncc(C)c(Nc2ccc(F)c(C#N)c2)n1. The zero-order valence-electron chi connectivity index (χ0n) is 11.2. The normalized spacial score (nSPS) is 9.90. The number of nitrogens with one attached hydrogen (secondary N) is 2. The van der Waals surface area contributed by atoms with E-state index >= 15 is 0 Å². The number of nitriles is 1. The van der Waals surface area contributed by atoms with Crippen LogP contribution in [0, 0.1) is 24.1 Å². The predicted molar refractivity (Wildman–Crippen MR) is 75.3 cm³/mol. The summed E-state index contributed by atoms with van der Waals surface area (Å²) in [5.41, 5.74) is 1.45. The predicted octanol–water partition coefficient (Wildman–Crippen LogP) is 2.97. The summed E-state index contributed by atoms with van der Waals surface area (Å²) in [5.74, 6) is 0.598. The average Bonchev–Trinajstić information content (AvgIpc) is 2.45. The molecule has 0 radical (unpaired) electrons. The van der Waals surface area contributed by atoms with Crippen molar-refractivity contribution >= 4 is 17.5 Å². The molecule has 0 saturated carbocycles. The van der Waals surface area contributed by atoms with Crippen LogP contribution >= 0.6 is 0 Å². The van der Waals surface area contributed by atoms with Gasteiger partial charge in [0, 0.05) is 24.0 Å². The van der Waals surface area contributed by atoms with E-state index in [1.54, 1.807) is 12.3 Å². The van der Waals surface area contributed by atoms with E-state index in [4.69, 9.17) is 5.26 Å². The number of hydrogen-bond acceptors (Lipinski definition) is 5. The van der Waals surface area contributed by atoms with E-state index in [1.165, 1.54) is 12.1 Å². The van der Waals surface area contributed by atoms with Gasteiger partial charge < -0.3 is 10.6 Å². The Balaban J connectivity index is 2.30. The molecule has 1 heterocycles. The Morgan fingerprint density at radius 2 is 2.20 bits per heavy atom. The topological polar surface area (TPSA) is 73.6 Å². The fourth-order valence-corrected chi connectivity index (χ4v) is 1.64. The van der Waals surface area contributed by atoms with Gasteiger partial charge in [-0.3, -0.25) is 0 Å². The van der Waals surface area contributed by atoms with Crippen molar-refractivity contribution in [2.24, 2.45) is 0 Å². The molecule has 6 heteroatoms. The van der Waals surface area contributed by atoms with Crippen molar-refractivity contribution in [3.63, 3.8) is 0 Å². The Bertz CT molecular complexity index is 663. The highest BCUT2D eigenvalue weighted by Gasteiger charge is 2.06. The third kappa shape index (κ3) is 3.01. The third-order valence-corrected chi connectivity index (χ3v) is 2.66. The van der Waals surface area contributed by atoms with Crippen LogP contribution in [0.4, 0.5) is 21.8 Å². The molecule has 0 spiro atoms. The van der Waals surface area contributed by atoms with Gasteiger partial charge in [0.05, 0.1) is 5.56 Å². The standard InChI is InChI=1S/C14H14FN5/c1-3-17-14-18-8-9(2)13(20-14)19-11-4-5-12(15)10(6-11)7-16/h4-6,8H,3H2,1-2H3,(H2,17,18,19,20). The van der Waals surface area contributed by atoms with Crippen LogP contribution in [0.5, 0.6) is 0 Å². The van der Waals surface area contributed by atoms with E-state index in [0.717, 1.165) is 12.1 Å². The number of anilines is 3. The van der Waals surface area contributed by atoms with Gasteiger partial charge in [0.25, 0.3) is 0 Å². The van der Waals surface area contributed by atoms with Crippen LogP contribution in [-0.2, 0) is 0 Å². The van der Waals surface area contributed by atoms with Crippen LogP contribution < -0.4 is 10.6 Å². The largest absolute Gasteiger partial charge is 0.354 e. The van der Waals surface area contributed by atoms with Crippen molar-refractivity contribution in [2.45, 2.75) is 13.8 Å². The molecule has 0 aliphatic rings. The van der Waals surface area contributed by atoms with Gasteiger partial charge in [-0.2, -0.15) is 10.2 Å². The van der Waals surface area contributed by atoms with Crippen molar-refractivity contribution in [3.8, 4) is 6.07 Å². The van der Waals surface area contributed by atoms with Crippen LogP contribution in [0.1, 0.15) is 18.1 Å². The second-order valence-corrected chi connectivity index (χ2v) is 4.19. The smallest absolute Gasteiger partial charge is 0.224 e. The third-order valence-electron chi connectivity index (χ3n) is 2.66. The molecule has 2 N–H and O–H groups in total. The summed E-state index contributed by atoms with van der Waals surface area (Å²) in [4.78, 5) is 8.47. The highest BCUT2D eigenvalue weighted by atomic mass is 19.1. The highest BCUT2D eigenvalue weighted by Crippen LogP contribution is 2.21. The molecule has 5 nitrogen and oxygen atoms in total. The molecule has 0 bridgehead atoms. The van der Waals surface area contributed by atoms with Gasteiger partial charge in [0.15, 0.2) is 0 Å². The number of aryl methyl sites for hydroxylation is 1. The van der Waals surface area contributed by atoms with Gasteiger partial charge in [-0.1, -0.05) is 0 Å². The van der Waals surface area contributed by atoms with Gasteiger partial charge in [0.1, 0.15) is 17.7 Å². The fraction of sp³-hybridized carbons (Fsp3) is 0.214. The van der Waals surface area contributed by atoms with Crippen molar-refractivity contribution in [1.82, 2.24) is 9.97 Å². The van der Waals surface area contributed by atoms with Gasteiger partial charge in [-0.25, -0.2) is 9.37 Å². The number of halogens is 1. The Morgan fingerprint density at radius 3 is 2.90 bits per heavy atom. The van der Waals surface area contributed by atoms with Crippen molar-refractivity contribution in [2.75, 3.05) is 17.2 Å². The number of rotatable bonds is 4. The van der Waals surface area contributed by atoms with E-state index in [0.29, 0.717) is 17.5 Å². The summed E-state index contributed by atoms with van der Waals surface area (Å²) >= 11 is 0. The van der Waals surface area contributed by atoms with Gasteiger partial charge in [0.2, 0.25) is 5.95 Å². The minimum Gasteiger partial charge on any atom is -0.354 e. The van der Waals surface area contributed by atoms with Gasteiger partial charge in [-0.15, -0.1) is 0 Å². The Labute approximate surface area is 116 Å². The zero-order chi connectivity index (χ0) is 14.5. The number of benzene rings is 1. The fourth-order valence-electron chi connectivity index (χ4n) is 1.64. The first-order valence-electron chi connectivity index (χ1n) is 6.18. The minimum atomic E-state index is -0.536. The molecule has 20 heavy (non-hydrogen) atoms. The lowest BCUT2D eigenvalue weighted by Crippen LogP contribution is -2.05. The number of aromatic nitrogens is 2. The van der Waals surface area contributed by atoms with Crippen LogP contribution in [0.2, 0.25) is 0 Å². The summed E-state index contributed by atoms with van der Waals surface area (Å²) in [7, 11) is 0. The Kier molecular flexibility index (Phi) is 4.11. The summed E-state index contributed by atoms with van der Waals surface area (Å²) in [6.07, 6.45) is 1.70. The Morgan fingerprint density at radius 1 is 1.40 bits per heavy atom. The van der Waals surface area contributed by atoms with Crippen LogP contribution in [0.25, 0.3) is 0 Å². The lowest BCUT2D eigenvalue weighted by Gasteiger charge is -2.10. The van der Waals surface area contributed by atoms with E-state index in [2.05, 4.69) is 20.6 Å². The van der Waals surface area contributed by atoms with Crippen molar-refractivity contribution < 1.29 is 4.39 Å². The first-order chi connectivity index (χ1) is 9.63. The molecule has 0 saturated heterocycles. The zero-order valence-corrected chi connectivity index (χ0v) is 11.2. The molecule has 2 aromatic rings. The quantitative estimate of drug-likeness (QED) is 0.894. The molecule has 2 rings (SSSR count). The first-order valence-corrected chi connectivity index (χ1v) is 6.18. The minimum absolute atomic E-state index is 0.00591. The Hall–Kier alpha value is -2.68. The summed E-state index contributed by atoms with van der Waals surface area (Å²) in [6, 6.07) is 6.07. The summed E-state index contributed by atoms with van der Waals surface area (Å²) in [5, 5.41) is 14.9. The van der Waals surface area contributed by atoms with Gasteiger partial charge in [-0.05, 0) is 32.0 Å². The maximum Gasteiger partial charge on any atom is 0.224 e. The van der Waals surface area contributed by atoms with Crippen LogP contribution in [-0.4, -0.2) is 16.5 Å². The van der Waals surface area contributed by atoms with E-state index in [9.17, 15) is 4.39 Å². The lowest BCUT2D eigenvalue weighted by molar-refractivity contribution is 0.624. The van der Waals surface area contributed by atoms with Crippen LogP contribution in [0.3, 0.4) is 0 Å². The molecular weight excluding hydrogens is 257 g/mol. The van der Waals surface area contributed by atoms with Gasteiger partial charge >= 0.3 is 0 Å². The molecule has 0 fully saturated rings. The molecule has 0 aliphatic carbocycles. The van der Waals surface area contributed by atoms with Crippen LogP contribution in [0.15, 0.2) is 24.4 Å². The lowest BCUT2D eigenvalue weighted by atomic mass is 10.2.